The molecule has 1 aromatic carbocycles. The van der Waals surface area contributed by atoms with Crippen LogP contribution in [-0.2, 0) is 6.42 Å². The molecule has 1 heterocycles. The molecular weight excluding hydrogens is 218 g/mol. The third-order valence-electron chi connectivity index (χ3n) is 3.13. The number of nitrogens with one attached hydrogen (secondary N) is 1. The summed E-state index contributed by atoms with van der Waals surface area (Å²) in [5.41, 5.74) is 1.28. The molecule has 0 aromatic heterocycles. The highest BCUT2D eigenvalue weighted by Gasteiger charge is 2.22. The Balaban J connectivity index is 1.73. The van der Waals surface area contributed by atoms with Gasteiger partial charge in [0, 0.05) is 11.3 Å². The molecular formula is C13H19NOS. The number of phenols is 1. The van der Waals surface area contributed by atoms with Crippen LogP contribution in [0.2, 0.25) is 0 Å². The first-order chi connectivity index (χ1) is 7.75. The van der Waals surface area contributed by atoms with Crippen molar-refractivity contribution < 1.29 is 5.11 Å². The summed E-state index contributed by atoms with van der Waals surface area (Å²) in [5, 5.41) is 13.5. The van der Waals surface area contributed by atoms with Gasteiger partial charge in [-0.2, -0.15) is 11.8 Å². The Morgan fingerprint density at radius 2 is 2.12 bits per heavy atom. The van der Waals surface area contributed by atoms with Gasteiger partial charge in [0.15, 0.2) is 0 Å². The molecule has 1 aromatic rings. The third-order valence-corrected chi connectivity index (χ3v) is 4.46. The lowest BCUT2D eigenvalue weighted by Gasteiger charge is -2.16. The molecule has 0 amide bonds. The van der Waals surface area contributed by atoms with Gasteiger partial charge in [-0.1, -0.05) is 19.1 Å². The van der Waals surface area contributed by atoms with Crippen molar-refractivity contribution in [3.8, 4) is 5.75 Å². The molecule has 2 N–H and O–H groups in total. The highest BCUT2D eigenvalue weighted by atomic mass is 32.2. The second kappa shape index (κ2) is 5.60. The van der Waals surface area contributed by atoms with Crippen molar-refractivity contribution in [2.75, 3.05) is 12.3 Å². The van der Waals surface area contributed by atoms with Crippen molar-refractivity contribution in [2.24, 2.45) is 0 Å². The van der Waals surface area contributed by atoms with Crippen molar-refractivity contribution >= 4 is 11.8 Å². The Bertz CT molecular complexity index is 325. The van der Waals surface area contributed by atoms with Gasteiger partial charge in [0.05, 0.1) is 0 Å². The number of phenolic OH excluding ortho intramolecular Hbond substituents is 1. The van der Waals surface area contributed by atoms with Gasteiger partial charge in [-0.3, -0.25) is 0 Å². The normalized spacial score (nSPS) is 24.8. The maximum atomic E-state index is 9.17. The van der Waals surface area contributed by atoms with Gasteiger partial charge in [-0.25, -0.2) is 0 Å². The molecule has 1 aliphatic heterocycles. The van der Waals surface area contributed by atoms with Crippen LogP contribution in [0.1, 0.15) is 18.9 Å². The number of benzene rings is 1. The maximum absolute atomic E-state index is 9.17. The molecule has 0 radical (unpaired) electrons. The molecule has 1 aliphatic rings. The minimum atomic E-state index is 0.345. The van der Waals surface area contributed by atoms with E-state index in [4.69, 9.17) is 0 Å². The van der Waals surface area contributed by atoms with E-state index in [1.807, 2.05) is 12.1 Å². The summed E-state index contributed by atoms with van der Waals surface area (Å²) in [6.45, 7) is 3.33. The van der Waals surface area contributed by atoms with Gasteiger partial charge in [0.2, 0.25) is 0 Å². The van der Waals surface area contributed by atoms with Gasteiger partial charge in [-0.15, -0.1) is 0 Å². The summed E-state index contributed by atoms with van der Waals surface area (Å²) in [6, 6.07) is 8.17. The number of aromatic hydroxyl groups is 1. The molecule has 16 heavy (non-hydrogen) atoms. The van der Waals surface area contributed by atoms with Crippen LogP contribution >= 0.6 is 11.8 Å². The van der Waals surface area contributed by atoms with Crippen LogP contribution in [0.5, 0.6) is 5.75 Å². The molecule has 1 fully saturated rings. The first-order valence-corrected chi connectivity index (χ1v) is 6.93. The zero-order valence-electron chi connectivity index (χ0n) is 9.65. The van der Waals surface area contributed by atoms with E-state index in [0.717, 1.165) is 18.2 Å². The van der Waals surface area contributed by atoms with E-state index >= 15 is 0 Å². The average molecular weight is 237 g/mol. The fourth-order valence-corrected chi connectivity index (χ4v) is 3.29. The summed E-state index contributed by atoms with van der Waals surface area (Å²) in [6.07, 6.45) is 2.33. The molecule has 2 rings (SSSR count). The molecule has 3 heteroatoms. The molecule has 2 atom stereocenters. The zero-order valence-corrected chi connectivity index (χ0v) is 10.5. The molecule has 2 unspecified atom stereocenters. The first kappa shape index (κ1) is 11.8. The van der Waals surface area contributed by atoms with E-state index in [9.17, 15) is 5.11 Å². The van der Waals surface area contributed by atoms with Gasteiger partial charge in [0.25, 0.3) is 0 Å². The summed E-state index contributed by atoms with van der Waals surface area (Å²) in [4.78, 5) is 0. The number of hydrogen-bond donors (Lipinski definition) is 2. The van der Waals surface area contributed by atoms with Crippen molar-refractivity contribution in [2.45, 2.75) is 31.1 Å². The van der Waals surface area contributed by atoms with Gasteiger partial charge in [-0.05, 0) is 42.8 Å². The monoisotopic (exact) mass is 237 g/mol. The molecule has 1 saturated heterocycles. The van der Waals surface area contributed by atoms with Crippen molar-refractivity contribution in [3.63, 3.8) is 0 Å². The lowest BCUT2D eigenvalue weighted by molar-refractivity contribution is 0.475. The minimum absolute atomic E-state index is 0.345. The van der Waals surface area contributed by atoms with Crippen molar-refractivity contribution in [3.05, 3.63) is 29.8 Å². The summed E-state index contributed by atoms with van der Waals surface area (Å²) in [5.74, 6) is 1.63. The largest absolute Gasteiger partial charge is 0.508 e. The average Bonchev–Trinajstić information content (AvgIpc) is 2.68. The van der Waals surface area contributed by atoms with Crippen LogP contribution in [0, 0.1) is 0 Å². The van der Waals surface area contributed by atoms with E-state index in [-0.39, 0.29) is 0 Å². The number of hydrogen-bond acceptors (Lipinski definition) is 3. The maximum Gasteiger partial charge on any atom is 0.115 e. The standard InChI is InChI=1S/C13H19NOS/c1-10-13(7-9-16-10)14-8-6-11-2-4-12(15)5-3-11/h2-5,10,13-15H,6-9H2,1H3. The Labute approximate surface area is 101 Å². The first-order valence-electron chi connectivity index (χ1n) is 5.88. The Kier molecular flexibility index (Phi) is 4.13. The van der Waals surface area contributed by atoms with Crippen LogP contribution in [0.25, 0.3) is 0 Å². The predicted octanol–water partition coefficient (Wildman–Crippen LogP) is 2.42. The van der Waals surface area contributed by atoms with Gasteiger partial charge < -0.3 is 10.4 Å². The molecule has 88 valence electrons. The fourth-order valence-electron chi connectivity index (χ4n) is 2.06. The zero-order chi connectivity index (χ0) is 11.4. The third kappa shape index (κ3) is 3.16. The van der Waals surface area contributed by atoms with Crippen molar-refractivity contribution in [1.29, 1.82) is 0 Å². The van der Waals surface area contributed by atoms with Gasteiger partial charge in [0.1, 0.15) is 5.75 Å². The van der Waals surface area contributed by atoms with E-state index in [2.05, 4.69) is 24.0 Å². The van der Waals surface area contributed by atoms with E-state index in [1.54, 1.807) is 12.1 Å². The highest BCUT2D eigenvalue weighted by Crippen LogP contribution is 2.25. The SMILES string of the molecule is CC1SCCC1NCCc1ccc(O)cc1. The Morgan fingerprint density at radius 3 is 2.75 bits per heavy atom. The summed E-state index contributed by atoms with van der Waals surface area (Å²) >= 11 is 2.06. The summed E-state index contributed by atoms with van der Waals surface area (Å²) < 4.78 is 0. The minimum Gasteiger partial charge on any atom is -0.508 e. The number of rotatable bonds is 4. The van der Waals surface area contributed by atoms with Crippen LogP contribution in [0.3, 0.4) is 0 Å². The molecule has 0 saturated carbocycles. The quantitative estimate of drug-likeness (QED) is 0.843. The van der Waals surface area contributed by atoms with Crippen LogP contribution < -0.4 is 5.32 Å². The highest BCUT2D eigenvalue weighted by molar-refractivity contribution is 8.00. The van der Waals surface area contributed by atoms with Crippen LogP contribution in [-0.4, -0.2) is 28.7 Å². The van der Waals surface area contributed by atoms with Gasteiger partial charge >= 0.3 is 0 Å². The molecule has 0 aliphatic carbocycles. The van der Waals surface area contributed by atoms with E-state index in [0.29, 0.717) is 11.8 Å². The second-order valence-corrected chi connectivity index (χ2v) is 5.83. The van der Waals surface area contributed by atoms with Crippen molar-refractivity contribution in [1.82, 2.24) is 5.32 Å². The number of thioether (sulfide) groups is 1. The Morgan fingerprint density at radius 1 is 1.38 bits per heavy atom. The second-order valence-electron chi connectivity index (χ2n) is 4.34. The Hall–Kier alpha value is -0.670. The predicted molar refractivity (Wildman–Crippen MR) is 70.1 cm³/mol. The molecule has 0 spiro atoms. The topological polar surface area (TPSA) is 32.3 Å². The van der Waals surface area contributed by atoms with Crippen LogP contribution in [0.4, 0.5) is 0 Å². The lowest BCUT2D eigenvalue weighted by Crippen LogP contribution is -2.34. The molecule has 2 nitrogen and oxygen atoms in total. The lowest BCUT2D eigenvalue weighted by atomic mass is 10.1. The smallest absolute Gasteiger partial charge is 0.115 e. The molecule has 0 bridgehead atoms. The summed E-state index contributed by atoms with van der Waals surface area (Å²) in [7, 11) is 0. The van der Waals surface area contributed by atoms with E-state index < -0.39 is 0 Å². The fraction of sp³-hybridized carbons (Fsp3) is 0.538. The van der Waals surface area contributed by atoms with Crippen LogP contribution in [0.15, 0.2) is 24.3 Å². The van der Waals surface area contributed by atoms with E-state index in [1.165, 1.54) is 17.7 Å².